The summed E-state index contributed by atoms with van der Waals surface area (Å²) in [6, 6.07) is 7.33. The number of aliphatic hydroxyl groups excluding tert-OH is 1. The van der Waals surface area contributed by atoms with Crippen LogP contribution in [-0.2, 0) is 11.2 Å². The molecule has 0 aliphatic heterocycles. The second-order valence-corrected chi connectivity index (χ2v) is 6.73. The Morgan fingerprint density at radius 1 is 1.30 bits per heavy atom. The van der Waals surface area contributed by atoms with Crippen LogP contribution in [0, 0.1) is 12.7 Å². The SMILES string of the molecule is Cc1ccsc1CCCC(=O)NC(C)C(O)c1ccc(F)cc1. The van der Waals surface area contributed by atoms with E-state index in [0.717, 1.165) is 12.8 Å². The smallest absolute Gasteiger partial charge is 0.220 e. The van der Waals surface area contributed by atoms with Gasteiger partial charge in [0.1, 0.15) is 5.82 Å². The summed E-state index contributed by atoms with van der Waals surface area (Å²) >= 11 is 1.72. The third-order valence-corrected chi connectivity index (χ3v) is 4.93. The van der Waals surface area contributed by atoms with Gasteiger partial charge in [0.15, 0.2) is 0 Å². The van der Waals surface area contributed by atoms with E-state index in [0.29, 0.717) is 12.0 Å². The molecular weight excluding hydrogens is 313 g/mol. The number of hydrogen-bond acceptors (Lipinski definition) is 3. The lowest BCUT2D eigenvalue weighted by molar-refractivity contribution is -0.122. The van der Waals surface area contributed by atoms with E-state index in [2.05, 4.69) is 23.7 Å². The van der Waals surface area contributed by atoms with Crippen molar-refractivity contribution < 1.29 is 14.3 Å². The predicted octanol–water partition coefficient (Wildman–Crippen LogP) is 3.76. The highest BCUT2D eigenvalue weighted by Gasteiger charge is 2.18. The summed E-state index contributed by atoms with van der Waals surface area (Å²) in [5.41, 5.74) is 1.86. The molecule has 1 aromatic heterocycles. The molecule has 2 rings (SSSR count). The fourth-order valence-corrected chi connectivity index (χ4v) is 3.38. The molecule has 1 amide bonds. The number of aliphatic hydroxyl groups is 1. The zero-order valence-electron chi connectivity index (χ0n) is 13.4. The third-order valence-electron chi connectivity index (χ3n) is 3.85. The third kappa shape index (κ3) is 5.15. The first kappa shape index (κ1) is 17.6. The Morgan fingerprint density at radius 2 is 2.00 bits per heavy atom. The summed E-state index contributed by atoms with van der Waals surface area (Å²) < 4.78 is 12.9. The summed E-state index contributed by atoms with van der Waals surface area (Å²) in [6.07, 6.45) is 1.26. The van der Waals surface area contributed by atoms with Crippen LogP contribution in [0.25, 0.3) is 0 Å². The van der Waals surface area contributed by atoms with Crippen molar-refractivity contribution in [1.29, 1.82) is 0 Å². The molecule has 124 valence electrons. The summed E-state index contributed by atoms with van der Waals surface area (Å²) in [7, 11) is 0. The molecule has 2 atom stereocenters. The maximum absolute atomic E-state index is 12.9. The van der Waals surface area contributed by atoms with Crippen LogP contribution in [0.4, 0.5) is 4.39 Å². The number of halogens is 1. The summed E-state index contributed by atoms with van der Waals surface area (Å²) in [5, 5.41) is 15.1. The highest BCUT2D eigenvalue weighted by Crippen LogP contribution is 2.19. The number of nitrogens with one attached hydrogen (secondary N) is 1. The molecule has 0 fully saturated rings. The van der Waals surface area contributed by atoms with Crippen LogP contribution >= 0.6 is 11.3 Å². The lowest BCUT2D eigenvalue weighted by atomic mass is 10.0. The fourth-order valence-electron chi connectivity index (χ4n) is 2.42. The van der Waals surface area contributed by atoms with Gasteiger partial charge in [-0.15, -0.1) is 11.3 Å². The number of hydrogen-bond donors (Lipinski definition) is 2. The molecule has 2 aromatic rings. The van der Waals surface area contributed by atoms with Crippen molar-refractivity contribution in [2.45, 2.75) is 45.3 Å². The molecule has 23 heavy (non-hydrogen) atoms. The zero-order valence-corrected chi connectivity index (χ0v) is 14.2. The number of thiophene rings is 1. The molecule has 0 radical (unpaired) electrons. The second-order valence-electron chi connectivity index (χ2n) is 5.73. The molecule has 0 saturated carbocycles. The summed E-state index contributed by atoms with van der Waals surface area (Å²) in [4.78, 5) is 13.3. The molecule has 0 aliphatic carbocycles. The minimum Gasteiger partial charge on any atom is -0.386 e. The van der Waals surface area contributed by atoms with Gasteiger partial charge in [-0.05, 0) is 61.4 Å². The van der Waals surface area contributed by atoms with E-state index in [4.69, 9.17) is 0 Å². The Labute approximate surface area is 140 Å². The van der Waals surface area contributed by atoms with Crippen LogP contribution < -0.4 is 5.32 Å². The number of carbonyl (C=O) groups is 1. The molecule has 0 aliphatic rings. The van der Waals surface area contributed by atoms with Gasteiger partial charge in [-0.1, -0.05) is 12.1 Å². The molecule has 0 spiro atoms. The molecule has 5 heteroatoms. The van der Waals surface area contributed by atoms with E-state index in [1.54, 1.807) is 18.3 Å². The number of aryl methyl sites for hydroxylation is 2. The van der Waals surface area contributed by atoms with Gasteiger partial charge in [0.2, 0.25) is 5.91 Å². The Bertz CT molecular complexity index is 639. The molecule has 3 nitrogen and oxygen atoms in total. The zero-order chi connectivity index (χ0) is 16.8. The molecule has 1 aromatic carbocycles. The van der Waals surface area contributed by atoms with Gasteiger partial charge in [0.25, 0.3) is 0 Å². The van der Waals surface area contributed by atoms with Gasteiger partial charge in [-0.2, -0.15) is 0 Å². The van der Waals surface area contributed by atoms with Crippen LogP contribution in [0.15, 0.2) is 35.7 Å². The predicted molar refractivity (Wildman–Crippen MR) is 91.0 cm³/mol. The van der Waals surface area contributed by atoms with Gasteiger partial charge in [0.05, 0.1) is 12.1 Å². The van der Waals surface area contributed by atoms with E-state index in [1.807, 2.05) is 0 Å². The highest BCUT2D eigenvalue weighted by molar-refractivity contribution is 7.10. The van der Waals surface area contributed by atoms with Crippen molar-refractivity contribution in [1.82, 2.24) is 5.32 Å². The van der Waals surface area contributed by atoms with Crippen LogP contribution in [0.3, 0.4) is 0 Å². The van der Waals surface area contributed by atoms with E-state index in [9.17, 15) is 14.3 Å². The molecule has 2 unspecified atom stereocenters. The number of rotatable bonds is 7. The minimum absolute atomic E-state index is 0.0760. The Kier molecular flexibility index (Phi) is 6.30. The first-order valence-corrected chi connectivity index (χ1v) is 8.61. The van der Waals surface area contributed by atoms with Gasteiger partial charge >= 0.3 is 0 Å². The van der Waals surface area contributed by atoms with E-state index < -0.39 is 12.1 Å². The molecule has 0 bridgehead atoms. The average molecular weight is 335 g/mol. The van der Waals surface area contributed by atoms with E-state index in [1.165, 1.54) is 34.7 Å². The summed E-state index contributed by atoms with van der Waals surface area (Å²) in [5.74, 6) is -0.422. The van der Waals surface area contributed by atoms with Gasteiger partial charge < -0.3 is 10.4 Å². The van der Waals surface area contributed by atoms with Crippen LogP contribution in [0.2, 0.25) is 0 Å². The molecular formula is C18H22FNO2S. The average Bonchev–Trinajstić information content (AvgIpc) is 2.92. The van der Waals surface area contributed by atoms with Crippen molar-refractivity contribution >= 4 is 17.2 Å². The molecule has 0 saturated heterocycles. The topological polar surface area (TPSA) is 49.3 Å². The van der Waals surface area contributed by atoms with Crippen LogP contribution in [0.1, 0.15) is 41.9 Å². The standard InChI is InChI=1S/C18H22FNO2S/c1-12-10-11-23-16(12)4-3-5-17(21)20-13(2)18(22)14-6-8-15(19)9-7-14/h6-11,13,18,22H,3-5H2,1-2H3,(H,20,21). The van der Waals surface area contributed by atoms with E-state index >= 15 is 0 Å². The normalized spacial score (nSPS) is 13.6. The number of benzene rings is 1. The Morgan fingerprint density at radius 3 is 2.61 bits per heavy atom. The van der Waals surface area contributed by atoms with Crippen molar-refractivity contribution in [3.63, 3.8) is 0 Å². The van der Waals surface area contributed by atoms with Crippen LogP contribution in [0.5, 0.6) is 0 Å². The second kappa shape index (κ2) is 8.22. The monoisotopic (exact) mass is 335 g/mol. The molecule has 2 N–H and O–H groups in total. The maximum atomic E-state index is 12.9. The number of carbonyl (C=O) groups excluding carboxylic acids is 1. The van der Waals surface area contributed by atoms with Crippen molar-refractivity contribution in [3.8, 4) is 0 Å². The van der Waals surface area contributed by atoms with Crippen molar-refractivity contribution in [2.75, 3.05) is 0 Å². The van der Waals surface area contributed by atoms with Gasteiger partial charge in [0, 0.05) is 11.3 Å². The fraction of sp³-hybridized carbons (Fsp3) is 0.389. The van der Waals surface area contributed by atoms with Crippen LogP contribution in [-0.4, -0.2) is 17.1 Å². The highest BCUT2D eigenvalue weighted by atomic mass is 32.1. The minimum atomic E-state index is -0.848. The Hall–Kier alpha value is -1.72. The quantitative estimate of drug-likeness (QED) is 0.809. The lowest BCUT2D eigenvalue weighted by Crippen LogP contribution is -2.37. The largest absolute Gasteiger partial charge is 0.386 e. The van der Waals surface area contributed by atoms with Crippen molar-refractivity contribution in [3.05, 3.63) is 57.5 Å². The van der Waals surface area contributed by atoms with Gasteiger partial charge in [-0.25, -0.2) is 4.39 Å². The lowest BCUT2D eigenvalue weighted by Gasteiger charge is -2.20. The molecule has 1 heterocycles. The van der Waals surface area contributed by atoms with Gasteiger partial charge in [-0.3, -0.25) is 4.79 Å². The maximum Gasteiger partial charge on any atom is 0.220 e. The first-order valence-electron chi connectivity index (χ1n) is 7.73. The van der Waals surface area contributed by atoms with E-state index in [-0.39, 0.29) is 11.7 Å². The van der Waals surface area contributed by atoms with Crippen molar-refractivity contribution in [2.24, 2.45) is 0 Å². The summed E-state index contributed by atoms with van der Waals surface area (Å²) in [6.45, 7) is 3.82. The Balaban J connectivity index is 1.77. The number of amides is 1. The first-order chi connectivity index (χ1) is 11.0.